The van der Waals surface area contributed by atoms with E-state index in [4.69, 9.17) is 0 Å². The number of carbonyl (C=O) groups excluding carboxylic acids is 1. The molecule has 31 heavy (non-hydrogen) atoms. The van der Waals surface area contributed by atoms with Gasteiger partial charge < -0.3 is 10.6 Å². The molecule has 2 aromatic carbocycles. The van der Waals surface area contributed by atoms with Crippen LogP contribution in [0.4, 0.5) is 0 Å². The molecule has 4 fully saturated rings. The van der Waals surface area contributed by atoms with Crippen LogP contribution in [-0.4, -0.2) is 42.0 Å². The van der Waals surface area contributed by atoms with Crippen LogP contribution in [-0.2, 0) is 17.8 Å². The molecule has 2 N–H and O–H groups in total. The van der Waals surface area contributed by atoms with Crippen molar-refractivity contribution in [3.8, 4) is 0 Å². The molecule has 3 heterocycles. The average molecular weight is 418 g/mol. The van der Waals surface area contributed by atoms with E-state index in [1.807, 2.05) is 0 Å². The minimum Gasteiger partial charge on any atom is -0.354 e. The number of benzene rings is 2. The summed E-state index contributed by atoms with van der Waals surface area (Å²) in [4.78, 5) is 16.4. The summed E-state index contributed by atoms with van der Waals surface area (Å²) in [6.07, 6.45) is 2.20. The molecule has 1 amide bonds. The summed E-state index contributed by atoms with van der Waals surface area (Å²) in [5.74, 6) is 2.20. The SMILES string of the molecule is CC(C)CNC(=O)C12NCC3CC1CN(Cc1ccccc1)C2C3Cc1ccccc1. The molecule has 0 spiro atoms. The van der Waals surface area contributed by atoms with Crippen LogP contribution < -0.4 is 10.6 Å². The lowest BCUT2D eigenvalue weighted by atomic mass is 9.58. The Bertz CT molecular complexity index is 899. The van der Waals surface area contributed by atoms with Crippen molar-refractivity contribution in [2.24, 2.45) is 23.7 Å². The smallest absolute Gasteiger partial charge is 0.242 e. The minimum atomic E-state index is -0.460. The maximum Gasteiger partial charge on any atom is 0.242 e. The van der Waals surface area contributed by atoms with Crippen molar-refractivity contribution >= 4 is 5.91 Å². The van der Waals surface area contributed by atoms with Gasteiger partial charge in [-0.05, 0) is 48.3 Å². The highest BCUT2D eigenvalue weighted by Crippen LogP contribution is 2.53. The van der Waals surface area contributed by atoms with Crippen molar-refractivity contribution in [3.63, 3.8) is 0 Å². The predicted molar refractivity (Wildman–Crippen MR) is 124 cm³/mol. The van der Waals surface area contributed by atoms with Gasteiger partial charge in [-0.15, -0.1) is 0 Å². The second-order valence-electron chi connectivity index (χ2n) is 10.3. The second kappa shape index (κ2) is 8.40. The van der Waals surface area contributed by atoms with Gasteiger partial charge in [-0.2, -0.15) is 0 Å². The number of rotatable bonds is 7. The zero-order valence-corrected chi connectivity index (χ0v) is 18.8. The van der Waals surface area contributed by atoms with Crippen LogP contribution in [0.5, 0.6) is 0 Å². The van der Waals surface area contributed by atoms with E-state index in [-0.39, 0.29) is 11.9 Å². The summed E-state index contributed by atoms with van der Waals surface area (Å²) in [5.41, 5.74) is 2.26. The summed E-state index contributed by atoms with van der Waals surface area (Å²) >= 11 is 0. The molecular formula is C27H35N3O. The quantitative estimate of drug-likeness (QED) is 0.725. The van der Waals surface area contributed by atoms with E-state index in [1.54, 1.807) is 0 Å². The number of nitrogens with zero attached hydrogens (tertiary/aromatic N) is 1. The van der Waals surface area contributed by atoms with Gasteiger partial charge in [-0.25, -0.2) is 0 Å². The maximum absolute atomic E-state index is 13.7. The first-order valence-electron chi connectivity index (χ1n) is 11.9. The van der Waals surface area contributed by atoms with E-state index >= 15 is 0 Å². The molecule has 2 aromatic rings. The van der Waals surface area contributed by atoms with Crippen molar-refractivity contribution in [1.29, 1.82) is 0 Å². The predicted octanol–water partition coefficient (Wildman–Crippen LogP) is 3.48. The van der Waals surface area contributed by atoms with Gasteiger partial charge in [0.15, 0.2) is 0 Å². The van der Waals surface area contributed by atoms with Gasteiger partial charge in [0.2, 0.25) is 5.91 Å². The fourth-order valence-corrected chi connectivity index (χ4v) is 6.51. The van der Waals surface area contributed by atoms with Gasteiger partial charge >= 0.3 is 0 Å². The number of hydrogen-bond donors (Lipinski definition) is 2. The van der Waals surface area contributed by atoms with Crippen LogP contribution in [0.1, 0.15) is 31.4 Å². The molecule has 1 saturated carbocycles. The van der Waals surface area contributed by atoms with Crippen LogP contribution >= 0.6 is 0 Å². The molecule has 0 aromatic heterocycles. The third kappa shape index (κ3) is 3.70. The number of hydrogen-bond acceptors (Lipinski definition) is 3. The normalized spacial score (nSPS) is 31.8. The number of nitrogens with one attached hydrogen (secondary N) is 2. The molecule has 164 valence electrons. The summed E-state index contributed by atoms with van der Waals surface area (Å²) < 4.78 is 0. The molecule has 4 bridgehead atoms. The fraction of sp³-hybridized carbons (Fsp3) is 0.519. The van der Waals surface area contributed by atoms with E-state index in [0.29, 0.717) is 23.7 Å². The summed E-state index contributed by atoms with van der Waals surface area (Å²) in [6.45, 7) is 7.95. The Hall–Kier alpha value is -2.17. The van der Waals surface area contributed by atoms with Crippen molar-refractivity contribution in [2.45, 2.75) is 44.8 Å². The van der Waals surface area contributed by atoms with Crippen molar-refractivity contribution in [1.82, 2.24) is 15.5 Å². The van der Waals surface area contributed by atoms with Gasteiger partial charge in [0.1, 0.15) is 5.54 Å². The van der Waals surface area contributed by atoms with Gasteiger partial charge in [-0.1, -0.05) is 74.5 Å². The molecule has 0 radical (unpaired) electrons. The van der Waals surface area contributed by atoms with Crippen LogP contribution in [0.2, 0.25) is 0 Å². The number of piperidine rings is 2. The van der Waals surface area contributed by atoms with Crippen LogP contribution in [0.3, 0.4) is 0 Å². The third-order valence-electron chi connectivity index (χ3n) is 7.80. The van der Waals surface area contributed by atoms with E-state index < -0.39 is 5.54 Å². The lowest BCUT2D eigenvalue weighted by Crippen LogP contribution is -2.76. The molecule has 3 saturated heterocycles. The highest BCUT2D eigenvalue weighted by molar-refractivity contribution is 5.89. The molecule has 5 atom stereocenters. The van der Waals surface area contributed by atoms with Crippen LogP contribution in [0, 0.1) is 23.7 Å². The Balaban J connectivity index is 1.48. The molecule has 6 rings (SSSR count). The highest BCUT2D eigenvalue weighted by Gasteiger charge is 2.67. The number of carbonyl (C=O) groups is 1. The number of likely N-dealkylation sites (tertiary alicyclic amines) is 1. The van der Waals surface area contributed by atoms with Crippen molar-refractivity contribution in [3.05, 3.63) is 71.8 Å². The summed E-state index contributed by atoms with van der Waals surface area (Å²) in [6, 6.07) is 21.8. The van der Waals surface area contributed by atoms with E-state index in [0.717, 1.165) is 39.0 Å². The average Bonchev–Trinajstić information content (AvgIpc) is 3.04. The van der Waals surface area contributed by atoms with Crippen LogP contribution in [0.25, 0.3) is 0 Å². The van der Waals surface area contributed by atoms with Gasteiger partial charge in [0.05, 0.1) is 0 Å². The Morgan fingerprint density at radius 3 is 2.45 bits per heavy atom. The lowest BCUT2D eigenvalue weighted by Gasteiger charge is -2.56. The standard InChI is InChI=1S/C27H35N3O/c1-19(2)15-28-26(31)27-23-14-22(16-29-27)24(13-20-9-5-3-6-10-20)25(27)30(18-23)17-21-11-7-4-8-12-21/h3-12,19,22-25,29H,13-18H2,1-2H3,(H,28,31). The Kier molecular flexibility index (Phi) is 5.61. The molecule has 4 aliphatic rings. The molecule has 1 aliphatic carbocycles. The molecular weight excluding hydrogens is 382 g/mol. The van der Waals surface area contributed by atoms with E-state index in [2.05, 4.69) is 90.0 Å². The first kappa shape index (κ1) is 20.7. The van der Waals surface area contributed by atoms with E-state index in [9.17, 15) is 4.79 Å². The molecule has 5 unspecified atom stereocenters. The first-order chi connectivity index (χ1) is 15.1. The second-order valence-corrected chi connectivity index (χ2v) is 10.3. The topological polar surface area (TPSA) is 44.4 Å². The van der Waals surface area contributed by atoms with Crippen molar-refractivity contribution < 1.29 is 4.79 Å². The Morgan fingerprint density at radius 1 is 1.10 bits per heavy atom. The monoisotopic (exact) mass is 417 g/mol. The molecule has 4 nitrogen and oxygen atoms in total. The zero-order valence-electron chi connectivity index (χ0n) is 18.8. The largest absolute Gasteiger partial charge is 0.354 e. The van der Waals surface area contributed by atoms with Gasteiger partial charge in [0, 0.05) is 31.6 Å². The maximum atomic E-state index is 13.7. The molecule has 4 heteroatoms. The first-order valence-corrected chi connectivity index (χ1v) is 11.9. The van der Waals surface area contributed by atoms with Crippen molar-refractivity contribution in [2.75, 3.05) is 19.6 Å². The lowest BCUT2D eigenvalue weighted by molar-refractivity contribution is -0.138. The zero-order chi connectivity index (χ0) is 21.4. The minimum absolute atomic E-state index is 0.225. The fourth-order valence-electron chi connectivity index (χ4n) is 6.51. The third-order valence-corrected chi connectivity index (χ3v) is 7.80. The Morgan fingerprint density at radius 2 is 1.77 bits per heavy atom. The van der Waals surface area contributed by atoms with Gasteiger partial charge in [-0.3, -0.25) is 9.69 Å². The highest BCUT2D eigenvalue weighted by atomic mass is 16.2. The summed E-state index contributed by atoms with van der Waals surface area (Å²) in [5, 5.41) is 7.11. The van der Waals surface area contributed by atoms with Gasteiger partial charge in [0.25, 0.3) is 0 Å². The van der Waals surface area contributed by atoms with Crippen LogP contribution in [0.15, 0.2) is 60.7 Å². The van der Waals surface area contributed by atoms with E-state index in [1.165, 1.54) is 11.1 Å². The summed E-state index contributed by atoms with van der Waals surface area (Å²) in [7, 11) is 0. The molecule has 3 aliphatic heterocycles. The number of amides is 1. The number of fused-ring (bicyclic) bond motifs is 1. The Labute approximate surface area is 186 Å².